The van der Waals surface area contributed by atoms with Crippen molar-refractivity contribution in [2.75, 3.05) is 0 Å². The smallest absolute Gasteiger partial charge is 0.342 e. The Labute approximate surface area is 137 Å². The quantitative estimate of drug-likeness (QED) is 0.504. The van der Waals surface area contributed by atoms with Crippen molar-refractivity contribution in [2.45, 2.75) is 20.0 Å². The first-order chi connectivity index (χ1) is 11.0. The zero-order valence-electron chi connectivity index (χ0n) is 12.0. The molecule has 2 heterocycles. The van der Waals surface area contributed by atoms with Crippen molar-refractivity contribution < 1.29 is 4.92 Å². The second-order valence-electron chi connectivity index (χ2n) is 4.85. The average Bonchev–Trinajstić information content (AvgIpc) is 2.88. The summed E-state index contributed by atoms with van der Waals surface area (Å²) in [5, 5.41) is 19.3. The molecule has 3 aromatic rings. The number of hydrogen-bond acceptors (Lipinski definition) is 6. The number of imidazole rings is 1. The standard InChI is InChI=1S/C13H11BrN6O3/c1-8-15-7-12(20(22)23)18(8)4-5-19-13(21)10-6-9(14)2-3-11(10)16-17-19/h2-3,6-7H,4-5H2,1H3. The predicted molar refractivity (Wildman–Crippen MR) is 85.1 cm³/mol. The Balaban J connectivity index is 1.94. The lowest BCUT2D eigenvalue weighted by molar-refractivity contribution is -0.392. The van der Waals surface area contributed by atoms with E-state index in [1.165, 1.54) is 15.4 Å². The molecule has 0 saturated carbocycles. The van der Waals surface area contributed by atoms with Gasteiger partial charge in [0, 0.05) is 11.4 Å². The molecule has 0 spiro atoms. The molecule has 1 aromatic carbocycles. The molecule has 0 aliphatic carbocycles. The summed E-state index contributed by atoms with van der Waals surface area (Å²) in [5.41, 5.74) is 0.205. The number of halogens is 1. The van der Waals surface area contributed by atoms with Crippen LogP contribution in [-0.4, -0.2) is 29.5 Å². The van der Waals surface area contributed by atoms with Crippen LogP contribution in [0.2, 0.25) is 0 Å². The van der Waals surface area contributed by atoms with Crippen molar-refractivity contribution in [2.24, 2.45) is 0 Å². The van der Waals surface area contributed by atoms with E-state index in [9.17, 15) is 14.9 Å². The zero-order valence-corrected chi connectivity index (χ0v) is 13.6. The fraction of sp³-hybridized carbons (Fsp3) is 0.231. The van der Waals surface area contributed by atoms with Gasteiger partial charge in [-0.2, -0.15) is 0 Å². The third-order valence-electron chi connectivity index (χ3n) is 3.44. The molecule has 10 heteroatoms. The average molecular weight is 379 g/mol. The molecule has 2 aromatic heterocycles. The normalized spacial score (nSPS) is 11.0. The minimum Gasteiger partial charge on any atom is -0.358 e. The van der Waals surface area contributed by atoms with E-state index in [1.54, 1.807) is 25.1 Å². The molecule has 0 unspecified atom stereocenters. The van der Waals surface area contributed by atoms with E-state index in [0.717, 1.165) is 4.47 Å². The first kappa shape index (κ1) is 15.3. The summed E-state index contributed by atoms with van der Waals surface area (Å²) >= 11 is 3.31. The number of aryl methyl sites for hydroxylation is 2. The van der Waals surface area contributed by atoms with Crippen LogP contribution in [0.5, 0.6) is 0 Å². The first-order valence-corrected chi connectivity index (χ1v) is 7.46. The topological polar surface area (TPSA) is 109 Å². The van der Waals surface area contributed by atoms with Crippen LogP contribution in [0.15, 0.2) is 33.7 Å². The van der Waals surface area contributed by atoms with Crippen LogP contribution in [-0.2, 0) is 13.1 Å². The predicted octanol–water partition coefficient (Wildman–Crippen LogP) is 1.67. The molecule has 0 aliphatic rings. The van der Waals surface area contributed by atoms with Crippen molar-refractivity contribution >= 4 is 32.7 Å². The van der Waals surface area contributed by atoms with Gasteiger partial charge in [-0.1, -0.05) is 21.1 Å². The minimum absolute atomic E-state index is 0.118. The lowest BCUT2D eigenvalue weighted by Crippen LogP contribution is -2.26. The maximum Gasteiger partial charge on any atom is 0.342 e. The van der Waals surface area contributed by atoms with Gasteiger partial charge in [0.05, 0.1) is 11.9 Å². The van der Waals surface area contributed by atoms with E-state index in [1.807, 2.05) is 0 Å². The van der Waals surface area contributed by atoms with E-state index in [4.69, 9.17) is 0 Å². The number of nitrogens with zero attached hydrogens (tertiary/aromatic N) is 6. The van der Waals surface area contributed by atoms with Crippen molar-refractivity contribution in [3.05, 3.63) is 55.2 Å². The van der Waals surface area contributed by atoms with Crippen LogP contribution in [0.1, 0.15) is 5.82 Å². The summed E-state index contributed by atoms with van der Waals surface area (Å²) in [4.78, 5) is 26.8. The molecular formula is C13H11BrN6O3. The third-order valence-corrected chi connectivity index (χ3v) is 3.93. The molecule has 118 valence electrons. The Kier molecular flexibility index (Phi) is 3.90. The summed E-state index contributed by atoms with van der Waals surface area (Å²) in [6, 6.07) is 5.15. The van der Waals surface area contributed by atoms with Crippen molar-refractivity contribution in [3.63, 3.8) is 0 Å². The highest BCUT2D eigenvalue weighted by Gasteiger charge is 2.17. The van der Waals surface area contributed by atoms with Crippen molar-refractivity contribution in [3.8, 4) is 0 Å². The van der Waals surface area contributed by atoms with Gasteiger partial charge in [-0.15, -0.1) is 5.10 Å². The van der Waals surface area contributed by atoms with E-state index >= 15 is 0 Å². The molecule has 0 amide bonds. The van der Waals surface area contributed by atoms with Gasteiger partial charge in [0.1, 0.15) is 18.3 Å². The highest BCUT2D eigenvalue weighted by atomic mass is 79.9. The summed E-state index contributed by atoms with van der Waals surface area (Å²) in [6.07, 6.45) is 1.20. The second kappa shape index (κ2) is 5.88. The van der Waals surface area contributed by atoms with E-state index in [2.05, 4.69) is 31.2 Å². The van der Waals surface area contributed by atoms with Crippen LogP contribution < -0.4 is 5.56 Å². The van der Waals surface area contributed by atoms with Gasteiger partial charge in [0.2, 0.25) is 0 Å². The molecular weight excluding hydrogens is 368 g/mol. The Hall–Kier alpha value is -2.62. The molecule has 3 rings (SSSR count). The lowest BCUT2D eigenvalue weighted by atomic mass is 10.2. The first-order valence-electron chi connectivity index (χ1n) is 6.67. The van der Waals surface area contributed by atoms with Gasteiger partial charge < -0.3 is 10.1 Å². The number of rotatable bonds is 4. The van der Waals surface area contributed by atoms with Gasteiger partial charge in [-0.3, -0.25) is 4.79 Å². The Morgan fingerprint density at radius 2 is 2.13 bits per heavy atom. The second-order valence-corrected chi connectivity index (χ2v) is 5.77. The Morgan fingerprint density at radius 1 is 1.35 bits per heavy atom. The van der Waals surface area contributed by atoms with E-state index in [0.29, 0.717) is 16.7 Å². The fourth-order valence-corrected chi connectivity index (χ4v) is 2.63. The summed E-state index contributed by atoms with van der Waals surface area (Å²) in [7, 11) is 0. The molecule has 0 N–H and O–H groups in total. The van der Waals surface area contributed by atoms with Gasteiger partial charge in [0.15, 0.2) is 5.82 Å². The maximum absolute atomic E-state index is 12.4. The largest absolute Gasteiger partial charge is 0.358 e. The highest BCUT2D eigenvalue weighted by Crippen LogP contribution is 2.15. The number of fused-ring (bicyclic) bond motifs is 1. The van der Waals surface area contributed by atoms with Crippen molar-refractivity contribution in [1.82, 2.24) is 24.5 Å². The molecule has 0 aliphatic heterocycles. The van der Waals surface area contributed by atoms with Gasteiger partial charge in [-0.25, -0.2) is 14.2 Å². The number of nitro groups is 1. The lowest BCUT2D eigenvalue weighted by Gasteiger charge is -2.05. The van der Waals surface area contributed by atoms with Crippen LogP contribution >= 0.6 is 15.9 Å². The fourth-order valence-electron chi connectivity index (χ4n) is 2.27. The summed E-state index contributed by atoms with van der Waals surface area (Å²) in [6.45, 7) is 2.03. The molecule has 0 radical (unpaired) electrons. The molecule has 0 saturated heterocycles. The van der Waals surface area contributed by atoms with E-state index in [-0.39, 0.29) is 24.5 Å². The third kappa shape index (κ3) is 2.84. The van der Waals surface area contributed by atoms with Crippen LogP contribution in [0.4, 0.5) is 5.82 Å². The highest BCUT2D eigenvalue weighted by molar-refractivity contribution is 9.10. The van der Waals surface area contributed by atoms with Gasteiger partial charge in [0.25, 0.3) is 5.56 Å². The van der Waals surface area contributed by atoms with Gasteiger partial charge in [-0.05, 0) is 23.1 Å². The monoisotopic (exact) mass is 378 g/mol. The van der Waals surface area contributed by atoms with Crippen LogP contribution in [0, 0.1) is 17.0 Å². The minimum atomic E-state index is -0.508. The Bertz CT molecular complexity index is 964. The van der Waals surface area contributed by atoms with Crippen LogP contribution in [0.25, 0.3) is 10.9 Å². The molecule has 23 heavy (non-hydrogen) atoms. The molecule has 0 atom stereocenters. The summed E-state index contributed by atoms with van der Waals surface area (Å²) < 4.78 is 3.39. The molecule has 0 fully saturated rings. The number of benzene rings is 1. The molecule has 0 bridgehead atoms. The van der Waals surface area contributed by atoms with Gasteiger partial charge >= 0.3 is 5.82 Å². The molecule has 9 nitrogen and oxygen atoms in total. The maximum atomic E-state index is 12.4. The number of hydrogen-bond donors (Lipinski definition) is 0. The summed E-state index contributed by atoms with van der Waals surface area (Å²) in [5.74, 6) is 0.383. The van der Waals surface area contributed by atoms with Crippen LogP contribution in [0.3, 0.4) is 0 Å². The zero-order chi connectivity index (χ0) is 16.6. The SMILES string of the molecule is Cc1ncc([N+](=O)[O-])n1CCn1nnc2ccc(Br)cc2c1=O. The number of aromatic nitrogens is 5. The Morgan fingerprint density at radius 3 is 2.87 bits per heavy atom. The van der Waals surface area contributed by atoms with Crippen molar-refractivity contribution in [1.29, 1.82) is 0 Å². The van der Waals surface area contributed by atoms with E-state index < -0.39 is 4.92 Å².